The van der Waals surface area contributed by atoms with Crippen LogP contribution in [0.5, 0.6) is 11.5 Å². The normalized spacial score (nSPS) is 16.8. The number of carbonyl (C=O) groups is 4. The maximum Gasteiger partial charge on any atom is 0.243 e. The van der Waals surface area contributed by atoms with Crippen LogP contribution in [0.3, 0.4) is 0 Å². The van der Waals surface area contributed by atoms with Gasteiger partial charge in [0.15, 0.2) is 0 Å². The van der Waals surface area contributed by atoms with E-state index in [1.165, 1.54) is 0 Å². The molecule has 2 aliphatic rings. The molecule has 2 aliphatic heterocycles. The zero-order chi connectivity index (χ0) is 46.2. The SMILES string of the molecule is Cc1cc(O)cc(C)c1CC(C(=O)N1Cc2ccccc2CC1C(=O)NCCCCCCNC(=O)C1Cc2ccccc2CN1C(=O)C(Cc1c(C)cc(O)cc1C)N(C)C)N(C)C. The Morgan fingerprint density at radius 2 is 0.891 bits per heavy atom. The van der Waals surface area contributed by atoms with E-state index in [1.54, 1.807) is 34.1 Å². The summed E-state index contributed by atoms with van der Waals surface area (Å²) in [6.07, 6.45) is 5.00. The number of nitrogens with zero attached hydrogens (tertiary/aromatic N) is 4. The highest BCUT2D eigenvalue weighted by Gasteiger charge is 2.40. The van der Waals surface area contributed by atoms with Gasteiger partial charge in [-0.25, -0.2) is 0 Å². The van der Waals surface area contributed by atoms with Crippen LogP contribution in [0.4, 0.5) is 0 Å². The third-order valence-corrected chi connectivity index (χ3v) is 13.3. The van der Waals surface area contributed by atoms with Gasteiger partial charge in [0.1, 0.15) is 23.6 Å². The maximum absolute atomic E-state index is 14.4. The fourth-order valence-corrected chi connectivity index (χ4v) is 9.58. The zero-order valence-electron chi connectivity index (χ0n) is 39.0. The van der Waals surface area contributed by atoms with Crippen molar-refractivity contribution < 1.29 is 29.4 Å². The first kappa shape index (κ1) is 47.8. The second-order valence-electron chi connectivity index (χ2n) is 18.4. The Balaban J connectivity index is 1.02. The van der Waals surface area contributed by atoms with Crippen molar-refractivity contribution >= 4 is 23.6 Å². The third-order valence-electron chi connectivity index (χ3n) is 13.3. The zero-order valence-corrected chi connectivity index (χ0v) is 39.0. The predicted octanol–water partition coefficient (Wildman–Crippen LogP) is 5.68. The van der Waals surface area contributed by atoms with Crippen molar-refractivity contribution in [2.24, 2.45) is 0 Å². The molecule has 0 radical (unpaired) electrons. The number of hydrogen-bond donors (Lipinski definition) is 4. The third kappa shape index (κ3) is 11.3. The van der Waals surface area contributed by atoms with E-state index >= 15 is 0 Å². The molecule has 0 bridgehead atoms. The van der Waals surface area contributed by atoms with E-state index in [4.69, 9.17) is 0 Å². The van der Waals surface area contributed by atoms with Crippen molar-refractivity contribution in [1.29, 1.82) is 0 Å². The van der Waals surface area contributed by atoms with Crippen molar-refractivity contribution in [2.75, 3.05) is 41.3 Å². The van der Waals surface area contributed by atoms with Gasteiger partial charge in [0.2, 0.25) is 23.6 Å². The number of phenols is 2. The number of unbranched alkanes of at least 4 members (excludes halogenated alkanes) is 3. The first-order chi connectivity index (χ1) is 30.5. The van der Waals surface area contributed by atoms with Crippen LogP contribution >= 0.6 is 0 Å². The fourth-order valence-electron chi connectivity index (χ4n) is 9.58. The number of aryl methyl sites for hydroxylation is 4. The maximum atomic E-state index is 14.4. The standard InChI is InChI=1S/C52H68N6O6/c1-33-23-41(59)24-34(2)43(33)29-47(55(5)6)51(63)57-31-39-19-13-11-17-37(39)27-45(57)49(61)53-21-15-9-10-16-22-54-50(62)46-28-38-18-12-14-20-40(38)32-58(46)52(64)48(56(7)8)30-44-35(3)25-42(60)26-36(44)4/h11-14,17-20,23-26,45-48,59-60H,9-10,15-16,21-22,27-32H2,1-8H3,(H,53,61)(H,54,62). The van der Waals surface area contributed by atoms with Gasteiger partial charge in [-0.15, -0.1) is 0 Å². The van der Waals surface area contributed by atoms with E-state index in [0.29, 0.717) is 51.9 Å². The Morgan fingerprint density at radius 1 is 0.562 bits per heavy atom. The highest BCUT2D eigenvalue weighted by Crippen LogP contribution is 2.30. The average molecular weight is 873 g/mol. The molecule has 2 heterocycles. The molecule has 0 aliphatic carbocycles. The van der Waals surface area contributed by atoms with Crippen LogP contribution in [-0.4, -0.2) is 119 Å². The molecule has 12 nitrogen and oxygen atoms in total. The Labute approximate surface area is 379 Å². The van der Waals surface area contributed by atoms with Gasteiger partial charge in [-0.05, 0) is 161 Å². The number of likely N-dealkylation sites (N-methyl/N-ethyl adjacent to an activating group) is 2. The topological polar surface area (TPSA) is 146 Å². The quantitative estimate of drug-likeness (QED) is 0.0994. The summed E-state index contributed by atoms with van der Waals surface area (Å²) in [5, 5.41) is 26.5. The molecule has 64 heavy (non-hydrogen) atoms. The molecule has 0 fully saturated rings. The fraction of sp³-hybridized carbons (Fsp3) is 0.462. The lowest BCUT2D eigenvalue weighted by molar-refractivity contribution is -0.145. The summed E-state index contributed by atoms with van der Waals surface area (Å²) in [4.78, 5) is 64.0. The largest absolute Gasteiger partial charge is 0.508 e. The van der Waals surface area contributed by atoms with Crippen LogP contribution in [0.15, 0.2) is 72.8 Å². The molecule has 4 N–H and O–H groups in total. The van der Waals surface area contributed by atoms with Gasteiger partial charge >= 0.3 is 0 Å². The summed E-state index contributed by atoms with van der Waals surface area (Å²) in [6.45, 7) is 9.44. The molecular formula is C52H68N6O6. The van der Waals surface area contributed by atoms with Crippen LogP contribution in [-0.2, 0) is 58.0 Å². The Morgan fingerprint density at radius 3 is 1.22 bits per heavy atom. The van der Waals surface area contributed by atoms with Crippen LogP contribution in [0, 0.1) is 27.7 Å². The number of hydrogen-bond acceptors (Lipinski definition) is 8. The second kappa shape index (κ2) is 21.3. The van der Waals surface area contributed by atoms with Crippen molar-refractivity contribution in [3.05, 3.63) is 128 Å². The van der Waals surface area contributed by atoms with E-state index in [-0.39, 0.29) is 35.1 Å². The van der Waals surface area contributed by atoms with Gasteiger partial charge in [-0.2, -0.15) is 0 Å². The van der Waals surface area contributed by atoms with Crippen molar-refractivity contribution in [3.8, 4) is 11.5 Å². The summed E-state index contributed by atoms with van der Waals surface area (Å²) in [5.41, 5.74) is 9.96. The summed E-state index contributed by atoms with van der Waals surface area (Å²) in [7, 11) is 7.56. The Kier molecular flexibility index (Phi) is 15.9. The number of amides is 4. The van der Waals surface area contributed by atoms with Crippen LogP contribution in [0.2, 0.25) is 0 Å². The van der Waals surface area contributed by atoms with Gasteiger partial charge in [0.05, 0.1) is 12.1 Å². The molecule has 4 atom stereocenters. The first-order valence-electron chi connectivity index (χ1n) is 22.7. The van der Waals surface area contributed by atoms with Crippen LogP contribution < -0.4 is 10.6 Å². The van der Waals surface area contributed by atoms with E-state index in [1.807, 2.05) is 114 Å². The lowest BCUT2D eigenvalue weighted by atomic mass is 9.91. The van der Waals surface area contributed by atoms with Gasteiger partial charge in [0, 0.05) is 39.0 Å². The highest BCUT2D eigenvalue weighted by molar-refractivity contribution is 5.92. The number of carbonyl (C=O) groups excluding carboxylic acids is 4. The van der Waals surface area contributed by atoms with E-state index in [9.17, 15) is 29.4 Å². The van der Waals surface area contributed by atoms with Crippen molar-refractivity contribution in [1.82, 2.24) is 30.2 Å². The molecule has 4 unspecified atom stereocenters. The van der Waals surface area contributed by atoms with Crippen LogP contribution in [0.25, 0.3) is 0 Å². The van der Waals surface area contributed by atoms with Crippen molar-refractivity contribution in [3.63, 3.8) is 0 Å². The summed E-state index contributed by atoms with van der Waals surface area (Å²) in [6, 6.07) is 20.6. The lowest BCUT2D eigenvalue weighted by Gasteiger charge is -2.39. The molecular weight excluding hydrogens is 805 g/mol. The van der Waals surface area contributed by atoms with Gasteiger partial charge < -0.3 is 30.6 Å². The van der Waals surface area contributed by atoms with E-state index in [0.717, 1.165) is 81.3 Å². The molecule has 0 saturated heterocycles. The number of phenolic OH excluding ortho intramolecular Hbond substituents is 2. The van der Waals surface area contributed by atoms with Crippen LogP contribution in [0.1, 0.15) is 81.3 Å². The number of nitrogens with one attached hydrogen (secondary N) is 2. The molecule has 4 aromatic carbocycles. The smallest absolute Gasteiger partial charge is 0.243 e. The Hall–Kier alpha value is -5.72. The minimum atomic E-state index is -0.644. The number of fused-ring (bicyclic) bond motifs is 2. The predicted molar refractivity (Wildman–Crippen MR) is 251 cm³/mol. The lowest BCUT2D eigenvalue weighted by Crippen LogP contribution is -2.57. The van der Waals surface area contributed by atoms with E-state index < -0.39 is 24.2 Å². The Bertz CT molecular complexity index is 2120. The van der Waals surface area contributed by atoms with E-state index in [2.05, 4.69) is 10.6 Å². The number of benzene rings is 4. The monoisotopic (exact) mass is 873 g/mol. The second-order valence-corrected chi connectivity index (χ2v) is 18.4. The molecule has 0 saturated carbocycles. The number of rotatable bonds is 17. The summed E-state index contributed by atoms with van der Waals surface area (Å²) >= 11 is 0. The number of aromatic hydroxyl groups is 2. The molecule has 4 aromatic rings. The molecule has 0 spiro atoms. The molecule has 12 heteroatoms. The van der Waals surface area contributed by atoms with Gasteiger partial charge in [-0.3, -0.25) is 29.0 Å². The van der Waals surface area contributed by atoms with Crippen molar-refractivity contribution in [2.45, 2.75) is 116 Å². The minimum absolute atomic E-state index is 0.102. The molecule has 6 rings (SSSR count). The molecule has 4 amide bonds. The minimum Gasteiger partial charge on any atom is -0.508 e. The summed E-state index contributed by atoms with van der Waals surface area (Å²) in [5.74, 6) is -0.127. The molecule has 342 valence electrons. The molecule has 0 aromatic heterocycles. The highest BCUT2D eigenvalue weighted by atomic mass is 16.3. The average Bonchev–Trinajstić information content (AvgIpc) is 3.25. The van der Waals surface area contributed by atoms with Gasteiger partial charge in [0.25, 0.3) is 0 Å². The van der Waals surface area contributed by atoms with Gasteiger partial charge in [-0.1, -0.05) is 61.4 Å². The summed E-state index contributed by atoms with van der Waals surface area (Å²) < 4.78 is 0. The first-order valence-corrected chi connectivity index (χ1v) is 22.7.